The molecule has 0 fully saturated rings. The number of aromatic nitrogens is 2. The van der Waals surface area contributed by atoms with E-state index < -0.39 is 0 Å². The second-order valence-electron chi connectivity index (χ2n) is 5.33. The van der Waals surface area contributed by atoms with E-state index in [9.17, 15) is 0 Å². The largest absolute Gasteiger partial charge is 0.350 e. The SMILES string of the molecule is Cc1cc(Cl)ccc1Nc1ccnc(NCc2ccc(Cl)cc2)n1. The molecule has 3 rings (SSSR count). The van der Waals surface area contributed by atoms with Crippen LogP contribution in [-0.2, 0) is 6.54 Å². The topological polar surface area (TPSA) is 49.8 Å². The summed E-state index contributed by atoms with van der Waals surface area (Å²) in [5.41, 5.74) is 3.12. The lowest BCUT2D eigenvalue weighted by Gasteiger charge is -2.10. The molecule has 24 heavy (non-hydrogen) atoms. The van der Waals surface area contributed by atoms with E-state index in [2.05, 4.69) is 20.6 Å². The fourth-order valence-electron chi connectivity index (χ4n) is 2.20. The zero-order valence-electron chi connectivity index (χ0n) is 13.1. The van der Waals surface area contributed by atoms with E-state index in [1.165, 1.54) is 0 Å². The number of nitrogens with one attached hydrogen (secondary N) is 2. The molecule has 2 N–H and O–H groups in total. The van der Waals surface area contributed by atoms with Gasteiger partial charge in [-0.05, 0) is 54.4 Å². The Labute approximate surface area is 150 Å². The Morgan fingerprint density at radius 1 is 0.958 bits per heavy atom. The van der Waals surface area contributed by atoms with Crippen LogP contribution >= 0.6 is 23.2 Å². The third kappa shape index (κ3) is 4.37. The van der Waals surface area contributed by atoms with Gasteiger partial charge in [-0.2, -0.15) is 4.98 Å². The summed E-state index contributed by atoms with van der Waals surface area (Å²) < 4.78 is 0. The van der Waals surface area contributed by atoms with Crippen molar-refractivity contribution in [3.63, 3.8) is 0 Å². The quantitative estimate of drug-likeness (QED) is 0.636. The van der Waals surface area contributed by atoms with Crippen LogP contribution in [0.3, 0.4) is 0 Å². The first-order valence-electron chi connectivity index (χ1n) is 7.45. The molecule has 0 atom stereocenters. The van der Waals surface area contributed by atoms with E-state index in [0.29, 0.717) is 23.3 Å². The lowest BCUT2D eigenvalue weighted by atomic mass is 10.2. The highest BCUT2D eigenvalue weighted by Crippen LogP contribution is 2.23. The maximum absolute atomic E-state index is 5.98. The molecule has 0 aliphatic heterocycles. The van der Waals surface area contributed by atoms with Crippen LogP contribution in [0.15, 0.2) is 54.7 Å². The van der Waals surface area contributed by atoms with Gasteiger partial charge >= 0.3 is 0 Å². The van der Waals surface area contributed by atoms with Crippen molar-refractivity contribution in [3.05, 3.63) is 75.9 Å². The van der Waals surface area contributed by atoms with E-state index in [1.54, 1.807) is 6.20 Å². The molecule has 122 valence electrons. The molecular weight excluding hydrogens is 343 g/mol. The van der Waals surface area contributed by atoms with E-state index in [0.717, 1.165) is 21.8 Å². The lowest BCUT2D eigenvalue weighted by Crippen LogP contribution is -2.05. The normalized spacial score (nSPS) is 10.5. The Bertz CT molecular complexity index is 835. The zero-order valence-corrected chi connectivity index (χ0v) is 14.6. The molecule has 0 saturated heterocycles. The van der Waals surface area contributed by atoms with Crippen molar-refractivity contribution in [2.24, 2.45) is 0 Å². The summed E-state index contributed by atoms with van der Waals surface area (Å²) >= 11 is 11.9. The van der Waals surface area contributed by atoms with Crippen molar-refractivity contribution in [2.45, 2.75) is 13.5 Å². The second-order valence-corrected chi connectivity index (χ2v) is 6.20. The van der Waals surface area contributed by atoms with Crippen LogP contribution in [0.5, 0.6) is 0 Å². The minimum atomic E-state index is 0.557. The number of anilines is 3. The zero-order chi connectivity index (χ0) is 16.9. The number of hydrogen-bond donors (Lipinski definition) is 2. The molecule has 0 aliphatic rings. The van der Waals surface area contributed by atoms with E-state index >= 15 is 0 Å². The van der Waals surface area contributed by atoms with Crippen LogP contribution in [0, 0.1) is 6.92 Å². The lowest BCUT2D eigenvalue weighted by molar-refractivity contribution is 1.06. The molecule has 4 nitrogen and oxygen atoms in total. The fraction of sp³-hybridized carbons (Fsp3) is 0.111. The van der Waals surface area contributed by atoms with Crippen LogP contribution < -0.4 is 10.6 Å². The highest BCUT2D eigenvalue weighted by molar-refractivity contribution is 6.30. The standard InChI is InChI=1S/C18H16Cl2N4/c1-12-10-15(20)6-7-16(12)23-17-8-9-21-18(24-17)22-11-13-2-4-14(19)5-3-13/h2-10H,11H2,1H3,(H2,21,22,23,24). The number of halogens is 2. The van der Waals surface area contributed by atoms with Gasteiger partial charge in [0.25, 0.3) is 0 Å². The summed E-state index contributed by atoms with van der Waals surface area (Å²) in [5, 5.41) is 7.92. The van der Waals surface area contributed by atoms with Gasteiger partial charge in [-0.3, -0.25) is 0 Å². The molecule has 1 heterocycles. The molecule has 0 amide bonds. The highest BCUT2D eigenvalue weighted by Gasteiger charge is 2.03. The molecule has 0 saturated carbocycles. The van der Waals surface area contributed by atoms with Crippen molar-refractivity contribution in [1.29, 1.82) is 0 Å². The van der Waals surface area contributed by atoms with Gasteiger partial charge in [-0.15, -0.1) is 0 Å². The maximum Gasteiger partial charge on any atom is 0.224 e. The van der Waals surface area contributed by atoms with E-state index in [4.69, 9.17) is 23.2 Å². The van der Waals surface area contributed by atoms with Crippen molar-refractivity contribution in [1.82, 2.24) is 9.97 Å². The van der Waals surface area contributed by atoms with Crippen LogP contribution in [0.2, 0.25) is 10.0 Å². The molecule has 0 radical (unpaired) electrons. The number of rotatable bonds is 5. The van der Waals surface area contributed by atoms with Gasteiger partial charge in [0.2, 0.25) is 5.95 Å². The average Bonchev–Trinajstić information content (AvgIpc) is 2.57. The summed E-state index contributed by atoms with van der Waals surface area (Å²) in [6.07, 6.45) is 1.71. The van der Waals surface area contributed by atoms with Crippen molar-refractivity contribution < 1.29 is 0 Å². The molecule has 0 spiro atoms. The maximum atomic E-state index is 5.98. The Morgan fingerprint density at radius 2 is 1.71 bits per heavy atom. The van der Waals surface area contributed by atoms with Crippen molar-refractivity contribution in [2.75, 3.05) is 10.6 Å². The van der Waals surface area contributed by atoms with E-state index in [-0.39, 0.29) is 0 Å². The van der Waals surface area contributed by atoms with Crippen molar-refractivity contribution >= 4 is 40.7 Å². The van der Waals surface area contributed by atoms with Gasteiger partial charge in [0.1, 0.15) is 5.82 Å². The molecule has 2 aromatic carbocycles. The predicted octanol–water partition coefficient (Wildman–Crippen LogP) is 5.45. The van der Waals surface area contributed by atoms with Gasteiger partial charge in [0.15, 0.2) is 0 Å². The molecular formula is C18H16Cl2N4. The Kier molecular flexibility index (Phi) is 5.18. The van der Waals surface area contributed by atoms with Crippen LogP contribution in [0.25, 0.3) is 0 Å². The average molecular weight is 359 g/mol. The number of benzene rings is 2. The van der Waals surface area contributed by atoms with E-state index in [1.807, 2.05) is 55.5 Å². The number of nitrogens with zero attached hydrogens (tertiary/aromatic N) is 2. The molecule has 0 bridgehead atoms. The predicted molar refractivity (Wildman–Crippen MR) is 100 cm³/mol. The minimum Gasteiger partial charge on any atom is -0.350 e. The van der Waals surface area contributed by atoms with Gasteiger partial charge in [-0.1, -0.05) is 35.3 Å². The second kappa shape index (κ2) is 7.51. The van der Waals surface area contributed by atoms with Crippen LogP contribution in [0.4, 0.5) is 17.5 Å². The summed E-state index contributed by atoms with van der Waals surface area (Å²) in [7, 11) is 0. The molecule has 0 aliphatic carbocycles. The summed E-state index contributed by atoms with van der Waals surface area (Å²) in [4.78, 5) is 8.71. The third-order valence-corrected chi connectivity index (χ3v) is 3.96. The first-order valence-corrected chi connectivity index (χ1v) is 8.20. The van der Waals surface area contributed by atoms with Crippen molar-refractivity contribution in [3.8, 4) is 0 Å². The minimum absolute atomic E-state index is 0.557. The fourth-order valence-corrected chi connectivity index (χ4v) is 2.55. The first kappa shape index (κ1) is 16.6. The van der Waals surface area contributed by atoms with Crippen LogP contribution in [0.1, 0.15) is 11.1 Å². The molecule has 6 heteroatoms. The van der Waals surface area contributed by atoms with Gasteiger partial charge in [0, 0.05) is 28.5 Å². The molecule has 1 aromatic heterocycles. The summed E-state index contributed by atoms with van der Waals surface area (Å²) in [5.74, 6) is 1.27. The Hall–Kier alpha value is -2.30. The number of aryl methyl sites for hydroxylation is 1. The Balaban J connectivity index is 1.68. The number of hydrogen-bond acceptors (Lipinski definition) is 4. The smallest absolute Gasteiger partial charge is 0.224 e. The third-order valence-electron chi connectivity index (χ3n) is 3.47. The first-order chi connectivity index (χ1) is 11.6. The molecule has 0 unspecified atom stereocenters. The summed E-state index contributed by atoms with van der Waals surface area (Å²) in [6, 6.07) is 15.2. The summed E-state index contributed by atoms with van der Waals surface area (Å²) in [6.45, 7) is 2.62. The van der Waals surface area contributed by atoms with Gasteiger partial charge < -0.3 is 10.6 Å². The Morgan fingerprint density at radius 3 is 2.46 bits per heavy atom. The monoisotopic (exact) mass is 358 g/mol. The van der Waals surface area contributed by atoms with Crippen LogP contribution in [-0.4, -0.2) is 9.97 Å². The highest BCUT2D eigenvalue weighted by atomic mass is 35.5. The van der Waals surface area contributed by atoms with Gasteiger partial charge in [-0.25, -0.2) is 4.98 Å². The molecule has 3 aromatic rings. The van der Waals surface area contributed by atoms with Gasteiger partial charge in [0.05, 0.1) is 0 Å².